The van der Waals surface area contributed by atoms with Gasteiger partial charge in [0, 0.05) is 31.9 Å². The molecule has 0 radical (unpaired) electrons. The second-order valence-electron chi connectivity index (χ2n) is 4.16. The molecule has 0 unspecified atom stereocenters. The van der Waals surface area contributed by atoms with Crippen molar-refractivity contribution < 1.29 is 0 Å². The van der Waals surface area contributed by atoms with Gasteiger partial charge in [0.15, 0.2) is 0 Å². The lowest BCUT2D eigenvalue weighted by molar-refractivity contribution is 0.577. The molecule has 5 heteroatoms. The van der Waals surface area contributed by atoms with Crippen molar-refractivity contribution in [3.63, 3.8) is 0 Å². The molecule has 0 bridgehead atoms. The maximum atomic E-state index is 4.42. The van der Waals surface area contributed by atoms with Crippen molar-refractivity contribution >= 4 is 30.6 Å². The molecule has 0 saturated carbocycles. The molecule has 2 aliphatic rings. The van der Waals surface area contributed by atoms with Gasteiger partial charge in [0.1, 0.15) is 5.82 Å². The first-order chi connectivity index (χ1) is 6.95. The van der Waals surface area contributed by atoms with E-state index in [1.54, 1.807) is 0 Å². The summed E-state index contributed by atoms with van der Waals surface area (Å²) in [6, 6.07) is 6.84. The average Bonchev–Trinajstić information content (AvgIpc) is 2.79. The summed E-state index contributed by atoms with van der Waals surface area (Å²) in [7, 11) is 0. The minimum absolute atomic E-state index is 0. The molecular formula is C11H17Cl2N3. The van der Waals surface area contributed by atoms with Crippen LogP contribution in [0.4, 0.5) is 5.82 Å². The van der Waals surface area contributed by atoms with Gasteiger partial charge >= 0.3 is 0 Å². The van der Waals surface area contributed by atoms with Crippen molar-refractivity contribution in [3.05, 3.63) is 24.4 Å². The molecule has 16 heavy (non-hydrogen) atoms. The topological polar surface area (TPSA) is 28.2 Å². The largest absolute Gasteiger partial charge is 0.352 e. The summed E-state index contributed by atoms with van der Waals surface area (Å²) in [6.45, 7) is 3.49. The quantitative estimate of drug-likeness (QED) is 0.835. The number of nitrogens with zero attached hydrogens (tertiary/aromatic N) is 2. The van der Waals surface area contributed by atoms with Crippen molar-refractivity contribution in [1.82, 2.24) is 10.3 Å². The van der Waals surface area contributed by atoms with Gasteiger partial charge in [0.2, 0.25) is 0 Å². The van der Waals surface area contributed by atoms with Crippen LogP contribution in [0, 0.1) is 5.92 Å². The number of pyridine rings is 1. The van der Waals surface area contributed by atoms with Gasteiger partial charge in [-0.25, -0.2) is 4.98 Å². The first-order valence-corrected chi connectivity index (χ1v) is 5.33. The molecule has 0 aliphatic carbocycles. The van der Waals surface area contributed by atoms with Gasteiger partial charge in [-0.2, -0.15) is 0 Å². The molecule has 3 heterocycles. The average molecular weight is 262 g/mol. The zero-order valence-electron chi connectivity index (χ0n) is 9.00. The van der Waals surface area contributed by atoms with Crippen molar-refractivity contribution in [2.45, 2.75) is 12.5 Å². The molecule has 1 aromatic heterocycles. The zero-order valence-corrected chi connectivity index (χ0v) is 10.6. The summed E-state index contributed by atoms with van der Waals surface area (Å²) in [6.07, 6.45) is 3.19. The fourth-order valence-electron chi connectivity index (χ4n) is 2.66. The summed E-state index contributed by atoms with van der Waals surface area (Å²) >= 11 is 0. The predicted molar refractivity (Wildman–Crippen MR) is 70.8 cm³/mol. The fraction of sp³-hybridized carbons (Fsp3) is 0.545. The Kier molecular flexibility index (Phi) is 4.84. The number of anilines is 1. The van der Waals surface area contributed by atoms with Gasteiger partial charge in [-0.3, -0.25) is 0 Å². The minimum Gasteiger partial charge on any atom is -0.352 e. The predicted octanol–water partition coefficient (Wildman–Crippen LogP) is 1.72. The Labute approximate surface area is 108 Å². The molecule has 2 aliphatic heterocycles. The van der Waals surface area contributed by atoms with Crippen LogP contribution in [-0.2, 0) is 0 Å². The van der Waals surface area contributed by atoms with Crippen molar-refractivity contribution in [1.29, 1.82) is 0 Å². The van der Waals surface area contributed by atoms with Crippen LogP contribution in [0.25, 0.3) is 0 Å². The third kappa shape index (κ3) is 2.26. The van der Waals surface area contributed by atoms with E-state index in [2.05, 4.69) is 27.3 Å². The van der Waals surface area contributed by atoms with E-state index in [4.69, 9.17) is 0 Å². The number of fused-ring (bicyclic) bond motifs is 1. The Morgan fingerprint density at radius 3 is 2.88 bits per heavy atom. The lowest BCUT2D eigenvalue weighted by atomic mass is 10.1. The Bertz CT molecular complexity index is 320. The third-order valence-electron chi connectivity index (χ3n) is 3.39. The van der Waals surface area contributed by atoms with Gasteiger partial charge in [0.25, 0.3) is 0 Å². The van der Waals surface area contributed by atoms with E-state index in [0.717, 1.165) is 18.3 Å². The summed E-state index contributed by atoms with van der Waals surface area (Å²) in [4.78, 5) is 6.87. The molecule has 3 rings (SSSR count). The SMILES string of the molecule is Cl.Cl.c1ccc(N2CC[C@H]3CNC[C@H]32)nc1. The van der Waals surface area contributed by atoms with E-state index in [1.165, 1.54) is 19.5 Å². The monoisotopic (exact) mass is 261 g/mol. The summed E-state index contributed by atoms with van der Waals surface area (Å²) in [5.41, 5.74) is 0. The highest BCUT2D eigenvalue weighted by molar-refractivity contribution is 5.85. The van der Waals surface area contributed by atoms with E-state index in [0.29, 0.717) is 6.04 Å². The van der Waals surface area contributed by atoms with Crippen LogP contribution in [-0.4, -0.2) is 30.7 Å². The third-order valence-corrected chi connectivity index (χ3v) is 3.39. The molecule has 0 spiro atoms. The van der Waals surface area contributed by atoms with Crippen LogP contribution in [0.2, 0.25) is 0 Å². The van der Waals surface area contributed by atoms with Crippen LogP contribution in [0.3, 0.4) is 0 Å². The molecule has 3 nitrogen and oxygen atoms in total. The summed E-state index contributed by atoms with van der Waals surface area (Å²) in [5, 5.41) is 3.45. The lowest BCUT2D eigenvalue weighted by Gasteiger charge is -2.24. The fourth-order valence-corrected chi connectivity index (χ4v) is 2.66. The van der Waals surface area contributed by atoms with Crippen LogP contribution in [0.15, 0.2) is 24.4 Å². The smallest absolute Gasteiger partial charge is 0.128 e. The number of aromatic nitrogens is 1. The second-order valence-corrected chi connectivity index (χ2v) is 4.16. The number of nitrogens with one attached hydrogen (secondary N) is 1. The molecule has 2 atom stereocenters. The molecule has 0 aromatic carbocycles. The molecule has 0 amide bonds. The molecule has 2 saturated heterocycles. The Balaban J connectivity index is 0.000000640. The van der Waals surface area contributed by atoms with Gasteiger partial charge in [0.05, 0.1) is 0 Å². The summed E-state index contributed by atoms with van der Waals surface area (Å²) < 4.78 is 0. The molecule has 90 valence electrons. The minimum atomic E-state index is 0. The highest BCUT2D eigenvalue weighted by atomic mass is 35.5. The molecule has 1 N–H and O–H groups in total. The number of hydrogen-bond acceptors (Lipinski definition) is 3. The van der Waals surface area contributed by atoms with Crippen LogP contribution in [0.5, 0.6) is 0 Å². The van der Waals surface area contributed by atoms with Gasteiger partial charge in [-0.05, 0) is 24.5 Å². The van der Waals surface area contributed by atoms with E-state index in [1.807, 2.05) is 12.3 Å². The molecule has 2 fully saturated rings. The van der Waals surface area contributed by atoms with Crippen molar-refractivity contribution in [3.8, 4) is 0 Å². The Hall–Kier alpha value is -0.510. The highest BCUT2D eigenvalue weighted by Gasteiger charge is 2.37. The van der Waals surface area contributed by atoms with E-state index in [-0.39, 0.29) is 24.8 Å². The van der Waals surface area contributed by atoms with Gasteiger partial charge < -0.3 is 10.2 Å². The van der Waals surface area contributed by atoms with Gasteiger partial charge in [-0.15, -0.1) is 24.8 Å². The van der Waals surface area contributed by atoms with E-state index >= 15 is 0 Å². The maximum absolute atomic E-state index is 4.42. The Morgan fingerprint density at radius 1 is 1.25 bits per heavy atom. The number of rotatable bonds is 1. The van der Waals surface area contributed by atoms with E-state index < -0.39 is 0 Å². The van der Waals surface area contributed by atoms with Crippen molar-refractivity contribution in [2.24, 2.45) is 5.92 Å². The standard InChI is InChI=1S/C11H15N3.2ClH/c1-2-5-13-11(3-1)14-6-4-9-7-12-8-10(9)14;;/h1-3,5,9-10,12H,4,6-8H2;2*1H/t9-,10+;;/m0../s1. The maximum Gasteiger partial charge on any atom is 0.128 e. The molecule has 1 aromatic rings. The van der Waals surface area contributed by atoms with E-state index in [9.17, 15) is 0 Å². The Morgan fingerprint density at radius 2 is 2.12 bits per heavy atom. The first kappa shape index (κ1) is 13.6. The lowest BCUT2D eigenvalue weighted by Crippen LogP contribution is -2.34. The zero-order chi connectivity index (χ0) is 9.38. The van der Waals surface area contributed by atoms with Crippen LogP contribution in [0.1, 0.15) is 6.42 Å². The van der Waals surface area contributed by atoms with Gasteiger partial charge in [-0.1, -0.05) is 6.07 Å². The van der Waals surface area contributed by atoms with Crippen LogP contribution < -0.4 is 10.2 Å². The van der Waals surface area contributed by atoms with Crippen molar-refractivity contribution in [2.75, 3.05) is 24.5 Å². The number of halogens is 2. The summed E-state index contributed by atoms with van der Waals surface area (Å²) in [5.74, 6) is 1.99. The normalized spacial score (nSPS) is 26.9. The van der Waals surface area contributed by atoms with Crippen LogP contribution >= 0.6 is 24.8 Å². The first-order valence-electron chi connectivity index (χ1n) is 5.33. The number of hydrogen-bond donors (Lipinski definition) is 1. The molecular weight excluding hydrogens is 245 g/mol. The highest BCUT2D eigenvalue weighted by Crippen LogP contribution is 2.30. The second kappa shape index (κ2) is 5.71.